The average Bonchev–Trinajstić information content (AvgIpc) is 3.07. The molecule has 0 heterocycles. The summed E-state index contributed by atoms with van der Waals surface area (Å²) in [5.74, 6) is 1.76. The lowest BCUT2D eigenvalue weighted by molar-refractivity contribution is -0.140. The van der Waals surface area contributed by atoms with Crippen LogP contribution in [-0.2, 0) is 9.53 Å². The Morgan fingerprint density at radius 2 is 1.91 bits per heavy atom. The molecule has 1 aliphatic carbocycles. The molecule has 0 radical (unpaired) electrons. The highest BCUT2D eigenvalue weighted by atomic mass is 16.5. The summed E-state index contributed by atoms with van der Waals surface area (Å²) < 4.78 is 4.63. The number of esters is 1. The van der Waals surface area contributed by atoms with Gasteiger partial charge in [-0.25, -0.2) is 0 Å². The zero-order valence-corrected chi connectivity index (χ0v) is 15.0. The van der Waals surface area contributed by atoms with E-state index in [2.05, 4.69) is 27.3 Å². The number of guanidine groups is 1. The van der Waals surface area contributed by atoms with Crippen molar-refractivity contribution in [2.45, 2.75) is 71.1 Å². The average molecular weight is 325 g/mol. The van der Waals surface area contributed by atoms with Crippen LogP contribution in [0.5, 0.6) is 0 Å². The van der Waals surface area contributed by atoms with E-state index in [1.54, 1.807) is 0 Å². The van der Waals surface area contributed by atoms with Gasteiger partial charge in [0.15, 0.2) is 5.96 Å². The van der Waals surface area contributed by atoms with Crippen molar-refractivity contribution in [1.29, 1.82) is 0 Å². The summed E-state index contributed by atoms with van der Waals surface area (Å²) in [7, 11) is 1.44. The molecule has 0 aromatic rings. The van der Waals surface area contributed by atoms with Crippen LogP contribution < -0.4 is 10.6 Å². The molecule has 0 bridgehead atoms. The van der Waals surface area contributed by atoms with E-state index in [4.69, 9.17) is 0 Å². The van der Waals surface area contributed by atoms with Gasteiger partial charge in [0.05, 0.1) is 7.11 Å². The van der Waals surface area contributed by atoms with Gasteiger partial charge in [-0.15, -0.1) is 0 Å². The van der Waals surface area contributed by atoms with E-state index in [-0.39, 0.29) is 5.97 Å². The Morgan fingerprint density at radius 3 is 2.61 bits per heavy atom. The highest BCUT2D eigenvalue weighted by Crippen LogP contribution is 2.28. The minimum atomic E-state index is -0.116. The monoisotopic (exact) mass is 325 g/mol. The molecule has 0 amide bonds. The maximum atomic E-state index is 11.0. The molecule has 0 spiro atoms. The van der Waals surface area contributed by atoms with Gasteiger partial charge in [0.2, 0.25) is 0 Å². The Bertz CT molecular complexity index is 339. The molecule has 2 N–H and O–H groups in total. The van der Waals surface area contributed by atoms with Crippen LogP contribution in [0.3, 0.4) is 0 Å². The van der Waals surface area contributed by atoms with E-state index in [0.29, 0.717) is 6.42 Å². The third kappa shape index (κ3) is 10.2. The number of ether oxygens (including phenoxy) is 1. The summed E-state index contributed by atoms with van der Waals surface area (Å²) in [6, 6.07) is 0. The van der Waals surface area contributed by atoms with Gasteiger partial charge in [0.1, 0.15) is 0 Å². The molecule has 0 saturated heterocycles. The molecule has 1 fully saturated rings. The number of carbonyl (C=O) groups excluding carboxylic acids is 1. The van der Waals surface area contributed by atoms with Gasteiger partial charge in [-0.1, -0.05) is 32.1 Å². The van der Waals surface area contributed by atoms with Gasteiger partial charge in [-0.2, -0.15) is 0 Å². The molecule has 1 saturated carbocycles. The lowest BCUT2D eigenvalue weighted by Crippen LogP contribution is -2.37. The van der Waals surface area contributed by atoms with Gasteiger partial charge in [0.25, 0.3) is 0 Å². The van der Waals surface area contributed by atoms with E-state index >= 15 is 0 Å². The van der Waals surface area contributed by atoms with Crippen molar-refractivity contribution in [3.05, 3.63) is 0 Å². The number of nitrogens with one attached hydrogen (secondary N) is 2. The summed E-state index contributed by atoms with van der Waals surface area (Å²) in [5, 5.41) is 6.67. The largest absolute Gasteiger partial charge is 0.469 e. The quantitative estimate of drug-likeness (QED) is 0.265. The number of unbranched alkanes of at least 4 members (excludes halogenated alkanes) is 2. The Morgan fingerprint density at radius 1 is 1.13 bits per heavy atom. The molecule has 0 aliphatic heterocycles. The second kappa shape index (κ2) is 13.2. The van der Waals surface area contributed by atoms with Crippen molar-refractivity contribution < 1.29 is 9.53 Å². The van der Waals surface area contributed by atoms with Gasteiger partial charge in [-0.3, -0.25) is 9.79 Å². The molecular formula is C18H35N3O2. The first-order valence-electron chi connectivity index (χ1n) is 9.35. The summed E-state index contributed by atoms with van der Waals surface area (Å²) >= 11 is 0. The van der Waals surface area contributed by atoms with Crippen LogP contribution in [0, 0.1) is 5.92 Å². The summed E-state index contributed by atoms with van der Waals surface area (Å²) in [6.07, 6.45) is 11.7. The van der Waals surface area contributed by atoms with Crippen molar-refractivity contribution in [3.8, 4) is 0 Å². The fraction of sp³-hybridized carbons (Fsp3) is 0.889. The maximum absolute atomic E-state index is 11.0. The molecular weight excluding hydrogens is 290 g/mol. The van der Waals surface area contributed by atoms with Crippen molar-refractivity contribution in [2.24, 2.45) is 10.9 Å². The Hall–Kier alpha value is -1.26. The van der Waals surface area contributed by atoms with Gasteiger partial charge >= 0.3 is 5.97 Å². The fourth-order valence-electron chi connectivity index (χ4n) is 3.09. The molecule has 0 unspecified atom stereocenters. The summed E-state index contributed by atoms with van der Waals surface area (Å²) in [6.45, 7) is 4.78. The Labute approximate surface area is 141 Å². The van der Waals surface area contributed by atoms with Crippen LogP contribution in [0.4, 0.5) is 0 Å². The van der Waals surface area contributed by atoms with E-state index in [9.17, 15) is 4.79 Å². The number of rotatable bonds is 11. The van der Waals surface area contributed by atoms with Crippen molar-refractivity contribution >= 4 is 11.9 Å². The van der Waals surface area contributed by atoms with E-state index < -0.39 is 0 Å². The molecule has 1 rings (SSSR count). The number of aliphatic imine (C=N–C) groups is 1. The van der Waals surface area contributed by atoms with E-state index in [1.807, 2.05) is 0 Å². The zero-order chi connectivity index (χ0) is 16.8. The first kappa shape index (κ1) is 19.8. The topological polar surface area (TPSA) is 62.7 Å². The van der Waals surface area contributed by atoms with E-state index in [0.717, 1.165) is 50.8 Å². The van der Waals surface area contributed by atoms with Crippen LogP contribution in [-0.4, -0.2) is 38.7 Å². The van der Waals surface area contributed by atoms with Crippen molar-refractivity contribution in [1.82, 2.24) is 10.6 Å². The van der Waals surface area contributed by atoms with E-state index in [1.165, 1.54) is 45.6 Å². The molecule has 0 atom stereocenters. The van der Waals surface area contributed by atoms with Crippen molar-refractivity contribution in [3.63, 3.8) is 0 Å². The number of hydrogen-bond acceptors (Lipinski definition) is 3. The smallest absolute Gasteiger partial charge is 0.305 e. The molecule has 5 nitrogen and oxygen atoms in total. The SMILES string of the molecule is CCNC(=NCCCC1CCCC1)NCCCCCC(=O)OC. The molecule has 0 aromatic heterocycles. The van der Waals surface area contributed by atoms with Crippen LogP contribution in [0.25, 0.3) is 0 Å². The Kier molecular flexibility index (Phi) is 11.4. The normalized spacial score (nSPS) is 15.7. The van der Waals surface area contributed by atoms with Crippen LogP contribution in [0.15, 0.2) is 4.99 Å². The minimum Gasteiger partial charge on any atom is -0.469 e. The Balaban J connectivity index is 2.07. The summed E-state index contributed by atoms with van der Waals surface area (Å²) in [4.78, 5) is 15.7. The predicted octanol–water partition coefficient (Wildman–Crippen LogP) is 3.25. The number of hydrogen-bond donors (Lipinski definition) is 2. The standard InChI is InChI=1S/C18H35N3O2/c1-3-19-18(20-14-8-4-5-13-17(22)23-2)21-15-9-12-16-10-6-7-11-16/h16H,3-15H2,1-2H3,(H2,19,20,21). The maximum Gasteiger partial charge on any atom is 0.305 e. The zero-order valence-electron chi connectivity index (χ0n) is 15.0. The second-order valence-electron chi connectivity index (χ2n) is 6.37. The third-order valence-electron chi connectivity index (χ3n) is 4.44. The molecule has 23 heavy (non-hydrogen) atoms. The van der Waals surface area contributed by atoms with Crippen LogP contribution in [0.1, 0.15) is 71.1 Å². The van der Waals surface area contributed by atoms with Gasteiger partial charge < -0.3 is 15.4 Å². The first-order chi connectivity index (χ1) is 11.3. The highest BCUT2D eigenvalue weighted by Gasteiger charge is 2.13. The molecule has 5 heteroatoms. The summed E-state index contributed by atoms with van der Waals surface area (Å²) in [5.41, 5.74) is 0. The predicted molar refractivity (Wildman–Crippen MR) is 95.7 cm³/mol. The third-order valence-corrected chi connectivity index (χ3v) is 4.44. The van der Waals surface area contributed by atoms with Gasteiger partial charge in [0, 0.05) is 26.1 Å². The number of carbonyl (C=O) groups is 1. The van der Waals surface area contributed by atoms with Crippen LogP contribution in [0.2, 0.25) is 0 Å². The number of methoxy groups -OCH3 is 1. The van der Waals surface area contributed by atoms with Gasteiger partial charge in [-0.05, 0) is 38.5 Å². The lowest BCUT2D eigenvalue weighted by atomic mass is 10.0. The second-order valence-corrected chi connectivity index (χ2v) is 6.37. The lowest BCUT2D eigenvalue weighted by Gasteiger charge is -2.12. The first-order valence-corrected chi connectivity index (χ1v) is 9.35. The minimum absolute atomic E-state index is 0.116. The number of nitrogens with zero attached hydrogens (tertiary/aromatic N) is 1. The fourth-order valence-corrected chi connectivity index (χ4v) is 3.09. The molecule has 0 aromatic carbocycles. The molecule has 1 aliphatic rings. The van der Waals surface area contributed by atoms with Crippen molar-refractivity contribution in [2.75, 3.05) is 26.7 Å². The highest BCUT2D eigenvalue weighted by molar-refractivity contribution is 5.79. The molecule has 134 valence electrons. The van der Waals surface area contributed by atoms with Crippen LogP contribution >= 0.6 is 0 Å².